The third-order valence-electron chi connectivity index (χ3n) is 3.94. The van der Waals surface area contributed by atoms with E-state index in [4.69, 9.17) is 4.74 Å². The molecule has 0 bridgehead atoms. The van der Waals surface area contributed by atoms with Crippen LogP contribution < -0.4 is 4.74 Å². The second-order valence-electron chi connectivity index (χ2n) is 5.73. The van der Waals surface area contributed by atoms with E-state index in [1.165, 1.54) is 51.4 Å². The fourth-order valence-corrected chi connectivity index (χ4v) is 2.54. The highest BCUT2D eigenvalue weighted by Gasteiger charge is 1.99. The molecule has 0 amide bonds. The van der Waals surface area contributed by atoms with Crippen molar-refractivity contribution >= 4 is 0 Å². The van der Waals surface area contributed by atoms with Crippen LogP contribution in [0.25, 0.3) is 0 Å². The van der Waals surface area contributed by atoms with Crippen molar-refractivity contribution < 1.29 is 4.74 Å². The average Bonchev–Trinajstić information content (AvgIpc) is 2.53. The molecule has 0 aliphatic rings. The lowest BCUT2D eigenvalue weighted by Crippen LogP contribution is -1.99. The highest BCUT2D eigenvalue weighted by atomic mass is 16.5. The fraction of sp³-hybridized carbons (Fsp3) is 0.600. The van der Waals surface area contributed by atoms with Crippen LogP contribution in [0.4, 0.5) is 0 Å². The zero-order valence-electron chi connectivity index (χ0n) is 13.9. The molecule has 1 nitrogen and oxygen atoms in total. The van der Waals surface area contributed by atoms with Crippen LogP contribution in [0.15, 0.2) is 42.0 Å². The standard InChI is InChI=1S/C20H32O/c1-3-5-6-7-8-9-11-14-19(4-2)17-18-21-20-15-12-10-13-16-20/h4,10,12-13,15-16H,3,5-9,11,14,17-18H2,1-2H3. The first kappa shape index (κ1) is 17.8. The number of benzene rings is 1. The van der Waals surface area contributed by atoms with Crippen LogP contribution in [0.1, 0.15) is 71.6 Å². The Morgan fingerprint density at radius 3 is 2.24 bits per heavy atom. The van der Waals surface area contributed by atoms with E-state index in [0.29, 0.717) is 0 Å². The van der Waals surface area contributed by atoms with Gasteiger partial charge in [0.05, 0.1) is 6.61 Å². The van der Waals surface area contributed by atoms with Gasteiger partial charge in [0, 0.05) is 6.42 Å². The van der Waals surface area contributed by atoms with E-state index in [0.717, 1.165) is 18.8 Å². The Kier molecular flexibility index (Phi) is 10.6. The van der Waals surface area contributed by atoms with Crippen molar-refractivity contribution in [3.63, 3.8) is 0 Å². The predicted octanol–water partition coefficient (Wildman–Crippen LogP) is 6.54. The maximum atomic E-state index is 5.77. The lowest BCUT2D eigenvalue weighted by Gasteiger charge is -2.09. The molecule has 1 aromatic rings. The van der Waals surface area contributed by atoms with Gasteiger partial charge in [-0.15, -0.1) is 0 Å². The largest absolute Gasteiger partial charge is 0.493 e. The Morgan fingerprint density at radius 1 is 0.905 bits per heavy atom. The quantitative estimate of drug-likeness (QED) is 0.313. The number of unbranched alkanes of at least 4 members (excludes halogenated alkanes) is 6. The third kappa shape index (κ3) is 9.33. The fourth-order valence-electron chi connectivity index (χ4n) is 2.54. The molecular formula is C20H32O. The molecular weight excluding hydrogens is 256 g/mol. The summed E-state index contributed by atoms with van der Waals surface area (Å²) in [4.78, 5) is 0. The first-order chi connectivity index (χ1) is 10.4. The van der Waals surface area contributed by atoms with Crippen molar-refractivity contribution in [3.8, 4) is 5.75 Å². The lowest BCUT2D eigenvalue weighted by molar-refractivity contribution is 0.319. The molecule has 1 aromatic carbocycles. The highest BCUT2D eigenvalue weighted by Crippen LogP contribution is 2.16. The molecule has 0 saturated carbocycles. The molecule has 0 aliphatic heterocycles. The van der Waals surface area contributed by atoms with Gasteiger partial charge in [-0.25, -0.2) is 0 Å². The minimum absolute atomic E-state index is 0.792. The number of hydrogen-bond acceptors (Lipinski definition) is 1. The molecule has 0 aromatic heterocycles. The first-order valence-electron chi connectivity index (χ1n) is 8.68. The molecule has 118 valence electrons. The summed E-state index contributed by atoms with van der Waals surface area (Å²) in [7, 11) is 0. The molecule has 0 spiro atoms. The Bertz CT molecular complexity index is 367. The summed E-state index contributed by atoms with van der Waals surface area (Å²) in [6.45, 7) is 5.22. The summed E-state index contributed by atoms with van der Waals surface area (Å²) < 4.78 is 5.77. The van der Waals surface area contributed by atoms with E-state index in [2.05, 4.69) is 19.9 Å². The summed E-state index contributed by atoms with van der Waals surface area (Å²) in [5, 5.41) is 0. The monoisotopic (exact) mass is 288 g/mol. The molecule has 0 heterocycles. The Morgan fingerprint density at radius 2 is 1.57 bits per heavy atom. The molecule has 0 radical (unpaired) electrons. The molecule has 1 rings (SSSR count). The van der Waals surface area contributed by atoms with E-state index in [-0.39, 0.29) is 0 Å². The van der Waals surface area contributed by atoms with Gasteiger partial charge >= 0.3 is 0 Å². The zero-order chi connectivity index (χ0) is 15.2. The average molecular weight is 288 g/mol. The van der Waals surface area contributed by atoms with Crippen molar-refractivity contribution in [2.24, 2.45) is 0 Å². The number of ether oxygens (including phenoxy) is 1. The number of allylic oxidation sites excluding steroid dienone is 1. The topological polar surface area (TPSA) is 9.23 Å². The predicted molar refractivity (Wildman–Crippen MR) is 92.9 cm³/mol. The van der Waals surface area contributed by atoms with Gasteiger partial charge in [-0.05, 0) is 31.9 Å². The molecule has 0 N–H and O–H groups in total. The second-order valence-corrected chi connectivity index (χ2v) is 5.73. The van der Waals surface area contributed by atoms with Crippen LogP contribution in [-0.4, -0.2) is 6.61 Å². The van der Waals surface area contributed by atoms with E-state index < -0.39 is 0 Å². The summed E-state index contributed by atoms with van der Waals surface area (Å²) in [5.41, 5.74) is 1.54. The van der Waals surface area contributed by atoms with Gasteiger partial charge in [-0.2, -0.15) is 0 Å². The summed E-state index contributed by atoms with van der Waals surface area (Å²) in [6, 6.07) is 10.1. The smallest absolute Gasteiger partial charge is 0.119 e. The molecule has 0 atom stereocenters. The minimum Gasteiger partial charge on any atom is -0.493 e. The van der Waals surface area contributed by atoms with Crippen LogP contribution in [-0.2, 0) is 0 Å². The van der Waals surface area contributed by atoms with Crippen molar-refractivity contribution in [1.82, 2.24) is 0 Å². The van der Waals surface area contributed by atoms with Crippen molar-refractivity contribution in [1.29, 1.82) is 0 Å². The van der Waals surface area contributed by atoms with Crippen LogP contribution in [0.2, 0.25) is 0 Å². The number of hydrogen-bond donors (Lipinski definition) is 0. The third-order valence-corrected chi connectivity index (χ3v) is 3.94. The Hall–Kier alpha value is -1.24. The van der Waals surface area contributed by atoms with Gasteiger partial charge in [-0.1, -0.05) is 75.3 Å². The molecule has 0 unspecified atom stereocenters. The first-order valence-corrected chi connectivity index (χ1v) is 8.68. The van der Waals surface area contributed by atoms with E-state index in [9.17, 15) is 0 Å². The van der Waals surface area contributed by atoms with Crippen LogP contribution in [0.3, 0.4) is 0 Å². The summed E-state index contributed by atoms with van der Waals surface area (Å²) >= 11 is 0. The number of rotatable bonds is 12. The van der Waals surface area contributed by atoms with Crippen molar-refractivity contribution in [2.75, 3.05) is 6.61 Å². The zero-order valence-corrected chi connectivity index (χ0v) is 13.9. The molecule has 1 heteroatoms. The van der Waals surface area contributed by atoms with E-state index in [1.807, 2.05) is 30.3 Å². The SMILES string of the molecule is CC=C(CCCCCCCCC)CCOc1ccccc1. The minimum atomic E-state index is 0.792. The molecule has 0 fully saturated rings. The van der Waals surface area contributed by atoms with Gasteiger partial charge in [0.25, 0.3) is 0 Å². The van der Waals surface area contributed by atoms with Gasteiger partial charge in [0.1, 0.15) is 5.75 Å². The highest BCUT2D eigenvalue weighted by molar-refractivity contribution is 5.21. The Balaban J connectivity index is 2.04. The van der Waals surface area contributed by atoms with Crippen LogP contribution >= 0.6 is 0 Å². The van der Waals surface area contributed by atoms with E-state index >= 15 is 0 Å². The summed E-state index contributed by atoms with van der Waals surface area (Å²) in [6.07, 6.45) is 14.2. The molecule has 0 aliphatic carbocycles. The second kappa shape index (κ2) is 12.5. The number of para-hydroxylation sites is 1. The van der Waals surface area contributed by atoms with Gasteiger partial charge in [0.2, 0.25) is 0 Å². The van der Waals surface area contributed by atoms with Gasteiger partial charge < -0.3 is 4.74 Å². The van der Waals surface area contributed by atoms with Gasteiger partial charge in [0.15, 0.2) is 0 Å². The van der Waals surface area contributed by atoms with E-state index in [1.54, 1.807) is 5.57 Å². The van der Waals surface area contributed by atoms with Crippen LogP contribution in [0.5, 0.6) is 5.75 Å². The van der Waals surface area contributed by atoms with Crippen LogP contribution in [0, 0.1) is 0 Å². The molecule has 21 heavy (non-hydrogen) atoms. The summed E-state index contributed by atoms with van der Waals surface area (Å²) in [5.74, 6) is 0.976. The maximum Gasteiger partial charge on any atom is 0.119 e. The molecule has 0 saturated heterocycles. The lowest BCUT2D eigenvalue weighted by atomic mass is 10.0. The van der Waals surface area contributed by atoms with Gasteiger partial charge in [-0.3, -0.25) is 0 Å². The van der Waals surface area contributed by atoms with Crippen molar-refractivity contribution in [3.05, 3.63) is 42.0 Å². The normalized spacial score (nSPS) is 11.6. The maximum absolute atomic E-state index is 5.77. The van der Waals surface area contributed by atoms with Crippen molar-refractivity contribution in [2.45, 2.75) is 71.6 Å². The Labute approximate surface area is 131 Å².